The molecule has 0 N–H and O–H groups in total. The number of halogens is 1. The zero-order valence-corrected chi connectivity index (χ0v) is 14.2. The van der Waals surface area contributed by atoms with Crippen LogP contribution < -0.4 is 0 Å². The maximum Gasteiger partial charge on any atom is 0.257 e. The molecule has 0 saturated carbocycles. The van der Waals surface area contributed by atoms with Gasteiger partial charge in [-0.05, 0) is 30.7 Å². The van der Waals surface area contributed by atoms with Crippen LogP contribution in [0.4, 0.5) is 0 Å². The molecule has 0 aliphatic carbocycles. The molecule has 0 aliphatic rings. The van der Waals surface area contributed by atoms with E-state index in [2.05, 4.69) is 10.1 Å². The Kier molecular flexibility index (Phi) is 4.62. The lowest BCUT2D eigenvalue weighted by molar-refractivity contribution is 0.0742. The third-order valence-corrected chi connectivity index (χ3v) is 4.34. The minimum atomic E-state index is -0.145. The minimum absolute atomic E-state index is 0.113. The second-order valence-corrected chi connectivity index (χ2v) is 5.91. The van der Waals surface area contributed by atoms with Crippen molar-refractivity contribution in [2.24, 2.45) is 0 Å². The second-order valence-electron chi connectivity index (χ2n) is 5.50. The van der Waals surface area contributed by atoms with E-state index in [9.17, 15) is 4.79 Å². The van der Waals surface area contributed by atoms with Crippen molar-refractivity contribution >= 4 is 17.5 Å². The lowest BCUT2D eigenvalue weighted by atomic mass is 10.1. The molecule has 1 aromatic carbocycles. The molecule has 0 fully saturated rings. The van der Waals surface area contributed by atoms with Crippen molar-refractivity contribution in [2.75, 3.05) is 7.05 Å². The van der Waals surface area contributed by atoms with Gasteiger partial charge in [0, 0.05) is 24.5 Å². The third kappa shape index (κ3) is 3.16. The van der Waals surface area contributed by atoms with Gasteiger partial charge in [-0.25, -0.2) is 4.68 Å². The summed E-state index contributed by atoms with van der Waals surface area (Å²) in [5.74, 6) is -0.113. The number of aromatic nitrogens is 3. The van der Waals surface area contributed by atoms with Crippen molar-refractivity contribution in [1.82, 2.24) is 19.7 Å². The van der Waals surface area contributed by atoms with Crippen molar-refractivity contribution < 1.29 is 4.79 Å². The number of benzene rings is 1. The van der Waals surface area contributed by atoms with Gasteiger partial charge in [-0.15, -0.1) is 0 Å². The van der Waals surface area contributed by atoms with Gasteiger partial charge in [0.1, 0.15) is 0 Å². The Hall–Kier alpha value is -2.66. The van der Waals surface area contributed by atoms with Crippen LogP contribution in [0.3, 0.4) is 0 Å². The molecule has 0 radical (unpaired) electrons. The van der Waals surface area contributed by atoms with E-state index in [1.807, 2.05) is 43.3 Å². The molecule has 3 rings (SSSR count). The normalized spacial score (nSPS) is 12.0. The third-order valence-electron chi connectivity index (χ3n) is 4.00. The molecule has 1 atom stereocenters. The number of pyridine rings is 1. The van der Waals surface area contributed by atoms with Crippen molar-refractivity contribution in [2.45, 2.75) is 13.0 Å². The largest absolute Gasteiger partial charge is 0.335 e. The van der Waals surface area contributed by atoms with Gasteiger partial charge in [0.25, 0.3) is 5.91 Å². The standard InChI is InChI=1S/C18H17ClN4O/c1-13(16-7-3-4-8-17(16)19)22(2)18(24)14-10-21-23(12-14)15-6-5-9-20-11-15/h3-13H,1-2H3/t13-/m1/s1. The van der Waals surface area contributed by atoms with Gasteiger partial charge in [0.2, 0.25) is 0 Å². The molecule has 0 bridgehead atoms. The van der Waals surface area contributed by atoms with E-state index in [1.54, 1.807) is 41.4 Å². The van der Waals surface area contributed by atoms with E-state index in [0.29, 0.717) is 10.6 Å². The van der Waals surface area contributed by atoms with Gasteiger partial charge in [0.15, 0.2) is 0 Å². The fourth-order valence-corrected chi connectivity index (χ4v) is 2.76. The van der Waals surface area contributed by atoms with E-state index >= 15 is 0 Å². The molecule has 122 valence electrons. The van der Waals surface area contributed by atoms with Crippen LogP contribution in [0.2, 0.25) is 5.02 Å². The molecule has 24 heavy (non-hydrogen) atoms. The van der Waals surface area contributed by atoms with Gasteiger partial charge in [-0.1, -0.05) is 29.8 Å². The molecule has 1 amide bonds. The summed E-state index contributed by atoms with van der Waals surface area (Å²) < 4.78 is 1.63. The Morgan fingerprint density at radius 1 is 1.21 bits per heavy atom. The summed E-state index contributed by atoms with van der Waals surface area (Å²) in [6.07, 6.45) is 6.65. The van der Waals surface area contributed by atoms with E-state index in [1.165, 1.54) is 0 Å². The van der Waals surface area contributed by atoms with Crippen LogP contribution in [-0.4, -0.2) is 32.6 Å². The van der Waals surface area contributed by atoms with Gasteiger partial charge >= 0.3 is 0 Å². The van der Waals surface area contributed by atoms with Crippen molar-refractivity contribution in [1.29, 1.82) is 0 Å². The zero-order chi connectivity index (χ0) is 17.1. The number of hydrogen-bond donors (Lipinski definition) is 0. The smallest absolute Gasteiger partial charge is 0.257 e. The summed E-state index contributed by atoms with van der Waals surface area (Å²) >= 11 is 6.24. The molecule has 2 aromatic heterocycles. The number of hydrogen-bond acceptors (Lipinski definition) is 3. The number of carbonyl (C=O) groups is 1. The number of rotatable bonds is 4. The van der Waals surface area contributed by atoms with Crippen LogP contribution >= 0.6 is 11.6 Å². The highest BCUT2D eigenvalue weighted by molar-refractivity contribution is 6.31. The van der Waals surface area contributed by atoms with Crippen LogP contribution in [-0.2, 0) is 0 Å². The van der Waals surface area contributed by atoms with E-state index in [0.717, 1.165) is 11.3 Å². The highest BCUT2D eigenvalue weighted by Crippen LogP contribution is 2.27. The monoisotopic (exact) mass is 340 g/mol. The van der Waals surface area contributed by atoms with Gasteiger partial charge < -0.3 is 4.90 Å². The van der Waals surface area contributed by atoms with Crippen molar-refractivity contribution in [3.63, 3.8) is 0 Å². The molecule has 0 saturated heterocycles. The second kappa shape index (κ2) is 6.84. The topological polar surface area (TPSA) is 51.0 Å². The average Bonchev–Trinajstić information content (AvgIpc) is 3.11. The van der Waals surface area contributed by atoms with Crippen LogP contribution in [0.5, 0.6) is 0 Å². The molecule has 3 aromatic rings. The highest BCUT2D eigenvalue weighted by Gasteiger charge is 2.21. The Labute approximate surface area is 145 Å². The highest BCUT2D eigenvalue weighted by atomic mass is 35.5. The number of carbonyl (C=O) groups excluding carboxylic acids is 1. The number of nitrogens with zero attached hydrogens (tertiary/aromatic N) is 4. The molecule has 0 unspecified atom stereocenters. The van der Waals surface area contributed by atoms with Crippen LogP contribution in [0.15, 0.2) is 61.2 Å². The molecule has 0 spiro atoms. The lowest BCUT2D eigenvalue weighted by Crippen LogP contribution is -2.29. The number of amides is 1. The van der Waals surface area contributed by atoms with Gasteiger partial charge in [-0.3, -0.25) is 9.78 Å². The Morgan fingerprint density at radius 2 is 2.00 bits per heavy atom. The minimum Gasteiger partial charge on any atom is -0.335 e. The fourth-order valence-electron chi connectivity index (χ4n) is 2.47. The van der Waals surface area contributed by atoms with Crippen LogP contribution in [0.25, 0.3) is 5.69 Å². The lowest BCUT2D eigenvalue weighted by Gasteiger charge is -2.25. The first-order chi connectivity index (χ1) is 11.6. The summed E-state index contributed by atoms with van der Waals surface area (Å²) in [4.78, 5) is 18.4. The van der Waals surface area contributed by atoms with Crippen LogP contribution in [0.1, 0.15) is 28.9 Å². The molecule has 5 nitrogen and oxygen atoms in total. The predicted octanol–water partition coefficient (Wildman–Crippen LogP) is 3.75. The maximum absolute atomic E-state index is 12.7. The summed E-state index contributed by atoms with van der Waals surface area (Å²) in [5.41, 5.74) is 2.23. The van der Waals surface area contributed by atoms with Crippen LogP contribution in [0, 0.1) is 0 Å². The van der Waals surface area contributed by atoms with Gasteiger partial charge in [0.05, 0.1) is 29.7 Å². The van der Waals surface area contributed by atoms with E-state index in [-0.39, 0.29) is 11.9 Å². The molecular weight excluding hydrogens is 324 g/mol. The van der Waals surface area contributed by atoms with E-state index < -0.39 is 0 Å². The average molecular weight is 341 g/mol. The summed E-state index contributed by atoms with van der Waals surface area (Å²) in [5, 5.41) is 4.89. The zero-order valence-electron chi connectivity index (χ0n) is 13.4. The van der Waals surface area contributed by atoms with Crippen molar-refractivity contribution in [3.05, 3.63) is 77.3 Å². The fraction of sp³-hybridized carbons (Fsp3) is 0.167. The Morgan fingerprint density at radius 3 is 2.71 bits per heavy atom. The summed E-state index contributed by atoms with van der Waals surface area (Å²) in [6.45, 7) is 1.95. The SMILES string of the molecule is C[C@H](c1ccccc1Cl)N(C)C(=O)c1cnn(-c2cccnc2)c1. The first-order valence-corrected chi connectivity index (χ1v) is 7.92. The predicted molar refractivity (Wildman–Crippen MR) is 93.3 cm³/mol. The van der Waals surface area contributed by atoms with Crippen molar-refractivity contribution in [3.8, 4) is 5.69 Å². The summed E-state index contributed by atoms with van der Waals surface area (Å²) in [7, 11) is 1.76. The Balaban J connectivity index is 1.82. The molecular formula is C18H17ClN4O. The van der Waals surface area contributed by atoms with E-state index in [4.69, 9.17) is 11.6 Å². The first kappa shape index (κ1) is 16.2. The van der Waals surface area contributed by atoms with Gasteiger partial charge in [-0.2, -0.15) is 5.10 Å². The molecule has 2 heterocycles. The molecule has 6 heteroatoms. The first-order valence-electron chi connectivity index (χ1n) is 7.54. The molecule has 0 aliphatic heterocycles. The maximum atomic E-state index is 12.7. The Bertz CT molecular complexity index is 847. The quantitative estimate of drug-likeness (QED) is 0.726. The summed E-state index contributed by atoms with van der Waals surface area (Å²) in [6, 6.07) is 11.1.